The van der Waals surface area contributed by atoms with Crippen LogP contribution in [0.2, 0.25) is 0 Å². The lowest BCUT2D eigenvalue weighted by Crippen LogP contribution is -1.89. The Morgan fingerprint density at radius 3 is 1.80 bits per heavy atom. The smallest absolute Gasteiger partial charge is 0.0146 e. The molecule has 0 saturated carbocycles. The van der Waals surface area contributed by atoms with Crippen LogP contribution in [0.1, 0.15) is 12.5 Å². The molecule has 0 amide bonds. The summed E-state index contributed by atoms with van der Waals surface area (Å²) in [5.41, 5.74) is 6.58. The second-order valence-corrected chi connectivity index (χ2v) is 4.96. The van der Waals surface area contributed by atoms with Crippen LogP contribution in [0.3, 0.4) is 0 Å². The maximum absolute atomic E-state index is 2.31. The van der Waals surface area contributed by atoms with Crippen molar-refractivity contribution in [1.82, 2.24) is 0 Å². The Labute approximate surface area is 120 Å². The van der Waals surface area contributed by atoms with E-state index in [1.54, 1.807) is 0 Å². The van der Waals surface area contributed by atoms with Crippen molar-refractivity contribution in [2.75, 3.05) is 0 Å². The summed E-state index contributed by atoms with van der Waals surface area (Å²) in [4.78, 5) is 0. The van der Waals surface area contributed by atoms with Gasteiger partial charge >= 0.3 is 0 Å². The molecule has 3 aromatic carbocycles. The van der Waals surface area contributed by atoms with Crippen LogP contribution in [0.4, 0.5) is 0 Å². The van der Waals surface area contributed by atoms with E-state index in [4.69, 9.17) is 0 Å². The predicted octanol–water partition coefficient (Wildman–Crippen LogP) is 5.58. The number of benzene rings is 3. The lowest BCUT2D eigenvalue weighted by molar-refractivity contribution is 1.14. The molecule has 0 fully saturated rings. The van der Waals surface area contributed by atoms with Gasteiger partial charge in [0, 0.05) is 0 Å². The molecule has 0 bridgehead atoms. The van der Waals surface area contributed by atoms with E-state index in [9.17, 15) is 0 Å². The Hall–Kier alpha value is -2.34. The first-order valence-electron chi connectivity index (χ1n) is 7.12. The SMILES string of the molecule is CCc1ccc(-c2ccccc2)cc1-c1ccccc1. The highest BCUT2D eigenvalue weighted by Gasteiger charge is 2.06. The van der Waals surface area contributed by atoms with Crippen molar-refractivity contribution in [2.24, 2.45) is 0 Å². The van der Waals surface area contributed by atoms with Crippen molar-refractivity contribution in [3.8, 4) is 22.3 Å². The van der Waals surface area contributed by atoms with Crippen LogP contribution < -0.4 is 0 Å². The van der Waals surface area contributed by atoms with Crippen LogP contribution >= 0.6 is 0 Å². The average Bonchev–Trinajstić information content (AvgIpc) is 2.56. The minimum Gasteiger partial charge on any atom is -0.0622 e. The number of hydrogen-bond acceptors (Lipinski definition) is 0. The molecular formula is C20H18. The van der Waals surface area contributed by atoms with Gasteiger partial charge in [0.2, 0.25) is 0 Å². The molecule has 0 heterocycles. The molecule has 20 heavy (non-hydrogen) atoms. The molecule has 0 aliphatic carbocycles. The second kappa shape index (κ2) is 5.75. The first-order valence-corrected chi connectivity index (χ1v) is 7.12. The summed E-state index contributed by atoms with van der Waals surface area (Å²) >= 11 is 0. The van der Waals surface area contributed by atoms with Gasteiger partial charge in [0.15, 0.2) is 0 Å². The van der Waals surface area contributed by atoms with Crippen LogP contribution in [0, 0.1) is 0 Å². The number of hydrogen-bond donors (Lipinski definition) is 0. The highest BCUT2D eigenvalue weighted by atomic mass is 14.1. The van der Waals surface area contributed by atoms with Crippen LogP contribution in [0.15, 0.2) is 78.9 Å². The lowest BCUT2D eigenvalue weighted by atomic mass is 9.93. The highest BCUT2D eigenvalue weighted by Crippen LogP contribution is 2.29. The number of rotatable bonds is 3. The van der Waals surface area contributed by atoms with E-state index in [0.717, 1.165) is 6.42 Å². The molecule has 0 unspecified atom stereocenters. The fraction of sp³-hybridized carbons (Fsp3) is 0.100. The van der Waals surface area contributed by atoms with Gasteiger partial charge in [-0.05, 0) is 40.3 Å². The van der Waals surface area contributed by atoms with Gasteiger partial charge < -0.3 is 0 Å². The minimum absolute atomic E-state index is 1.05. The molecule has 0 nitrogen and oxygen atoms in total. The van der Waals surface area contributed by atoms with Gasteiger partial charge in [0.05, 0.1) is 0 Å². The minimum atomic E-state index is 1.05. The normalized spacial score (nSPS) is 10.4. The first-order chi connectivity index (χ1) is 9.88. The summed E-state index contributed by atoms with van der Waals surface area (Å²) in [5, 5.41) is 0. The average molecular weight is 258 g/mol. The van der Waals surface area contributed by atoms with E-state index in [0.29, 0.717) is 0 Å². The highest BCUT2D eigenvalue weighted by molar-refractivity contribution is 5.75. The first kappa shape index (κ1) is 12.7. The van der Waals surface area contributed by atoms with E-state index in [1.165, 1.54) is 27.8 Å². The summed E-state index contributed by atoms with van der Waals surface area (Å²) in [6.07, 6.45) is 1.05. The molecule has 0 aromatic heterocycles. The Balaban J connectivity index is 2.13. The quantitative estimate of drug-likeness (QED) is 0.575. The van der Waals surface area contributed by atoms with Crippen LogP contribution in [-0.2, 0) is 6.42 Å². The summed E-state index contributed by atoms with van der Waals surface area (Å²) in [7, 11) is 0. The molecule has 0 radical (unpaired) electrons. The zero-order chi connectivity index (χ0) is 13.8. The van der Waals surface area contributed by atoms with Gasteiger partial charge in [-0.15, -0.1) is 0 Å². The zero-order valence-electron chi connectivity index (χ0n) is 11.7. The molecule has 0 spiro atoms. The summed E-state index contributed by atoms with van der Waals surface area (Å²) < 4.78 is 0. The Bertz CT molecular complexity index is 682. The summed E-state index contributed by atoms with van der Waals surface area (Å²) in [6, 6.07) is 28.0. The van der Waals surface area contributed by atoms with Gasteiger partial charge in [-0.1, -0.05) is 79.7 Å². The van der Waals surface area contributed by atoms with E-state index in [-0.39, 0.29) is 0 Å². The zero-order valence-corrected chi connectivity index (χ0v) is 11.7. The van der Waals surface area contributed by atoms with E-state index >= 15 is 0 Å². The maximum Gasteiger partial charge on any atom is -0.0146 e. The second-order valence-electron chi connectivity index (χ2n) is 4.96. The van der Waals surface area contributed by atoms with Gasteiger partial charge in [-0.25, -0.2) is 0 Å². The Kier molecular flexibility index (Phi) is 3.64. The van der Waals surface area contributed by atoms with Crippen molar-refractivity contribution in [3.63, 3.8) is 0 Å². The van der Waals surface area contributed by atoms with Gasteiger partial charge in [-0.3, -0.25) is 0 Å². The molecule has 3 aromatic rings. The molecule has 0 aliphatic heterocycles. The lowest BCUT2D eigenvalue weighted by Gasteiger charge is -2.11. The van der Waals surface area contributed by atoms with Crippen molar-refractivity contribution >= 4 is 0 Å². The Morgan fingerprint density at radius 1 is 0.600 bits per heavy atom. The number of aryl methyl sites for hydroxylation is 1. The third-order valence-corrected chi connectivity index (χ3v) is 3.68. The predicted molar refractivity (Wildman–Crippen MR) is 86.7 cm³/mol. The molecule has 3 rings (SSSR count). The fourth-order valence-electron chi connectivity index (χ4n) is 2.58. The van der Waals surface area contributed by atoms with Crippen molar-refractivity contribution in [1.29, 1.82) is 0 Å². The van der Waals surface area contributed by atoms with Gasteiger partial charge in [0.25, 0.3) is 0 Å². The van der Waals surface area contributed by atoms with E-state index < -0.39 is 0 Å². The molecule has 0 saturated heterocycles. The van der Waals surface area contributed by atoms with Gasteiger partial charge in [-0.2, -0.15) is 0 Å². The molecule has 0 atom stereocenters. The summed E-state index contributed by atoms with van der Waals surface area (Å²) in [6.45, 7) is 2.21. The molecule has 0 N–H and O–H groups in total. The van der Waals surface area contributed by atoms with Crippen LogP contribution in [0.5, 0.6) is 0 Å². The van der Waals surface area contributed by atoms with Crippen LogP contribution in [-0.4, -0.2) is 0 Å². The molecular weight excluding hydrogens is 240 g/mol. The molecule has 0 heteroatoms. The van der Waals surface area contributed by atoms with E-state index in [2.05, 4.69) is 85.8 Å². The Morgan fingerprint density at radius 2 is 1.20 bits per heavy atom. The largest absolute Gasteiger partial charge is 0.0622 e. The van der Waals surface area contributed by atoms with Crippen LogP contribution in [0.25, 0.3) is 22.3 Å². The molecule has 0 aliphatic rings. The third kappa shape index (κ3) is 2.50. The third-order valence-electron chi connectivity index (χ3n) is 3.68. The van der Waals surface area contributed by atoms with Crippen molar-refractivity contribution in [2.45, 2.75) is 13.3 Å². The fourth-order valence-corrected chi connectivity index (χ4v) is 2.58. The molecule has 98 valence electrons. The topological polar surface area (TPSA) is 0 Å². The standard InChI is InChI=1S/C20H18/c1-2-16-13-14-19(17-9-5-3-6-10-17)15-20(16)18-11-7-4-8-12-18/h3-15H,2H2,1H3. The van der Waals surface area contributed by atoms with E-state index in [1.807, 2.05) is 0 Å². The summed E-state index contributed by atoms with van der Waals surface area (Å²) in [5.74, 6) is 0. The monoisotopic (exact) mass is 258 g/mol. The maximum atomic E-state index is 2.31. The van der Waals surface area contributed by atoms with Gasteiger partial charge in [0.1, 0.15) is 0 Å². The van der Waals surface area contributed by atoms with Crippen molar-refractivity contribution in [3.05, 3.63) is 84.4 Å². The van der Waals surface area contributed by atoms with Crippen molar-refractivity contribution < 1.29 is 0 Å².